The number of benzene rings is 1. The highest BCUT2D eigenvalue weighted by Crippen LogP contribution is 2.35. The average Bonchev–Trinajstić information content (AvgIpc) is 2.14. The van der Waals surface area contributed by atoms with Gasteiger partial charge in [0.2, 0.25) is 0 Å². The summed E-state index contributed by atoms with van der Waals surface area (Å²) in [5.41, 5.74) is -0.138. The van der Waals surface area contributed by atoms with Crippen LogP contribution in [0.2, 0.25) is 0 Å². The minimum atomic E-state index is -4.82. The lowest BCUT2D eigenvalue weighted by molar-refractivity contribution is -0.385. The van der Waals surface area contributed by atoms with E-state index in [-0.39, 0.29) is 11.3 Å². The Kier molecular flexibility index (Phi) is 3.97. The molecule has 0 saturated carbocycles. The fraction of sp³-hybridized carbons (Fsp3) is 0.333. The van der Waals surface area contributed by atoms with Gasteiger partial charge in [0.25, 0.3) is 5.69 Å². The monoisotopic (exact) mass is 313 g/mol. The van der Waals surface area contributed by atoms with Crippen molar-refractivity contribution >= 4 is 21.6 Å². The van der Waals surface area contributed by atoms with Crippen LogP contribution in [-0.4, -0.2) is 11.3 Å². The van der Waals surface area contributed by atoms with Crippen molar-refractivity contribution in [2.24, 2.45) is 0 Å². The third-order valence-corrected chi connectivity index (χ3v) is 2.35. The number of hydrogen-bond donors (Lipinski definition) is 0. The largest absolute Gasteiger partial charge is 0.573 e. The summed E-state index contributed by atoms with van der Waals surface area (Å²) in [5.74, 6) is -0.482. The molecule has 4 nitrogen and oxygen atoms in total. The highest BCUT2D eigenvalue weighted by Gasteiger charge is 2.32. The number of nitrogens with zero attached hydrogens (tertiary/aromatic N) is 1. The Balaban J connectivity index is 3.15. The summed E-state index contributed by atoms with van der Waals surface area (Å²) in [6, 6.07) is 2.88. The molecule has 0 fully saturated rings. The summed E-state index contributed by atoms with van der Waals surface area (Å²) in [6.07, 6.45) is -4.82. The molecule has 94 valence electrons. The van der Waals surface area contributed by atoms with Crippen LogP contribution in [0.15, 0.2) is 18.2 Å². The standard InChI is InChI=1S/C9H7BrF3NO3/c1-5(10)7-4-6(17-9(11,12)13)2-3-8(7)14(15)16/h2-5H,1H3. The molecule has 0 aromatic heterocycles. The van der Waals surface area contributed by atoms with Gasteiger partial charge in [-0.3, -0.25) is 10.1 Å². The first kappa shape index (κ1) is 13.8. The van der Waals surface area contributed by atoms with Gasteiger partial charge in [0.15, 0.2) is 0 Å². The molecule has 1 aromatic carbocycles. The van der Waals surface area contributed by atoms with Crippen LogP contribution < -0.4 is 4.74 Å². The second-order valence-corrected chi connectivity index (χ2v) is 4.52. The van der Waals surface area contributed by atoms with E-state index in [1.54, 1.807) is 6.92 Å². The van der Waals surface area contributed by atoms with Crippen LogP contribution in [0.3, 0.4) is 0 Å². The van der Waals surface area contributed by atoms with E-state index in [1.165, 1.54) is 0 Å². The predicted octanol–water partition coefficient (Wildman–Crippen LogP) is 3.95. The van der Waals surface area contributed by atoms with Crippen molar-refractivity contribution in [3.8, 4) is 5.75 Å². The van der Waals surface area contributed by atoms with E-state index in [9.17, 15) is 23.3 Å². The zero-order valence-corrected chi connectivity index (χ0v) is 10.1. The third kappa shape index (κ3) is 3.88. The van der Waals surface area contributed by atoms with Gasteiger partial charge in [-0.15, -0.1) is 13.2 Å². The number of rotatable bonds is 3. The molecular formula is C9H7BrF3NO3. The van der Waals surface area contributed by atoms with E-state index in [4.69, 9.17) is 0 Å². The van der Waals surface area contributed by atoms with Crippen molar-refractivity contribution in [1.82, 2.24) is 0 Å². The summed E-state index contributed by atoms with van der Waals surface area (Å²) < 4.78 is 39.6. The Bertz CT molecular complexity index is 434. The van der Waals surface area contributed by atoms with Crippen LogP contribution in [0.5, 0.6) is 5.75 Å². The van der Waals surface area contributed by atoms with Crippen molar-refractivity contribution < 1.29 is 22.8 Å². The van der Waals surface area contributed by atoms with Crippen LogP contribution in [-0.2, 0) is 0 Å². The van der Waals surface area contributed by atoms with Gasteiger partial charge < -0.3 is 4.74 Å². The molecule has 0 radical (unpaired) electrons. The first-order chi connectivity index (χ1) is 7.70. The molecule has 0 saturated heterocycles. The maximum absolute atomic E-state index is 12.0. The Hall–Kier alpha value is -1.31. The predicted molar refractivity (Wildman–Crippen MR) is 57.1 cm³/mol. The average molecular weight is 314 g/mol. The lowest BCUT2D eigenvalue weighted by Crippen LogP contribution is -2.17. The second-order valence-electron chi connectivity index (χ2n) is 3.14. The number of halogens is 4. The maximum Gasteiger partial charge on any atom is 0.573 e. The molecule has 17 heavy (non-hydrogen) atoms. The second kappa shape index (κ2) is 4.91. The molecule has 0 spiro atoms. The van der Waals surface area contributed by atoms with Crippen LogP contribution in [0.1, 0.15) is 17.3 Å². The number of ether oxygens (including phenoxy) is 1. The fourth-order valence-electron chi connectivity index (χ4n) is 1.21. The topological polar surface area (TPSA) is 52.4 Å². The molecule has 0 heterocycles. The van der Waals surface area contributed by atoms with Crippen LogP contribution >= 0.6 is 15.9 Å². The van der Waals surface area contributed by atoms with Gasteiger partial charge in [-0.25, -0.2) is 0 Å². The van der Waals surface area contributed by atoms with Crippen LogP contribution in [0.25, 0.3) is 0 Å². The van der Waals surface area contributed by atoms with E-state index >= 15 is 0 Å². The molecule has 1 unspecified atom stereocenters. The number of hydrogen-bond acceptors (Lipinski definition) is 3. The molecule has 0 bridgehead atoms. The zero-order chi connectivity index (χ0) is 13.2. The van der Waals surface area contributed by atoms with E-state index in [1.807, 2.05) is 0 Å². The van der Waals surface area contributed by atoms with Gasteiger partial charge in [-0.05, 0) is 19.1 Å². The summed E-state index contributed by atoms with van der Waals surface area (Å²) in [5, 5.41) is 10.6. The van der Waals surface area contributed by atoms with E-state index in [2.05, 4.69) is 20.7 Å². The molecule has 0 aliphatic heterocycles. The van der Waals surface area contributed by atoms with E-state index in [0.29, 0.717) is 0 Å². The summed E-state index contributed by atoms with van der Waals surface area (Å²) in [6.45, 7) is 1.57. The van der Waals surface area contributed by atoms with Gasteiger partial charge in [-0.2, -0.15) is 0 Å². The molecule has 0 aliphatic carbocycles. The smallest absolute Gasteiger partial charge is 0.406 e. The maximum atomic E-state index is 12.0. The fourth-order valence-corrected chi connectivity index (χ4v) is 1.58. The Morgan fingerprint density at radius 3 is 2.47 bits per heavy atom. The van der Waals surface area contributed by atoms with Crippen molar-refractivity contribution in [1.29, 1.82) is 0 Å². The van der Waals surface area contributed by atoms with Crippen molar-refractivity contribution in [3.63, 3.8) is 0 Å². The van der Waals surface area contributed by atoms with Gasteiger partial charge in [-0.1, -0.05) is 15.9 Å². The van der Waals surface area contributed by atoms with Crippen molar-refractivity contribution in [2.45, 2.75) is 18.1 Å². The third-order valence-electron chi connectivity index (χ3n) is 1.86. The minimum absolute atomic E-state index is 0.122. The van der Waals surface area contributed by atoms with Gasteiger partial charge >= 0.3 is 6.36 Å². The van der Waals surface area contributed by atoms with Crippen molar-refractivity contribution in [2.75, 3.05) is 0 Å². The van der Waals surface area contributed by atoms with Crippen molar-refractivity contribution in [3.05, 3.63) is 33.9 Å². The molecule has 0 N–H and O–H groups in total. The lowest BCUT2D eigenvalue weighted by Gasteiger charge is -2.11. The molecule has 1 aromatic rings. The number of alkyl halides is 4. The van der Waals surface area contributed by atoms with E-state index in [0.717, 1.165) is 18.2 Å². The van der Waals surface area contributed by atoms with Gasteiger partial charge in [0.05, 0.1) is 4.92 Å². The highest BCUT2D eigenvalue weighted by atomic mass is 79.9. The minimum Gasteiger partial charge on any atom is -0.406 e. The molecule has 0 amide bonds. The summed E-state index contributed by atoms with van der Waals surface area (Å²) in [4.78, 5) is 9.52. The number of nitro groups is 1. The number of nitro benzene ring substituents is 1. The van der Waals surface area contributed by atoms with Gasteiger partial charge in [0.1, 0.15) is 5.75 Å². The normalized spacial score (nSPS) is 13.2. The van der Waals surface area contributed by atoms with Crippen LogP contribution in [0.4, 0.5) is 18.9 Å². The quantitative estimate of drug-likeness (QED) is 0.482. The summed E-state index contributed by atoms with van der Waals surface area (Å²) in [7, 11) is 0. The Labute approximate surface area is 103 Å². The first-order valence-corrected chi connectivity index (χ1v) is 5.30. The Morgan fingerprint density at radius 1 is 1.47 bits per heavy atom. The zero-order valence-electron chi connectivity index (χ0n) is 8.49. The molecule has 8 heteroatoms. The van der Waals surface area contributed by atoms with E-state index < -0.39 is 21.9 Å². The van der Waals surface area contributed by atoms with Gasteiger partial charge in [0, 0.05) is 16.5 Å². The molecule has 1 rings (SSSR count). The molecular weight excluding hydrogens is 307 g/mol. The molecule has 0 aliphatic rings. The SMILES string of the molecule is CC(Br)c1cc(OC(F)(F)F)ccc1[N+](=O)[O-]. The summed E-state index contributed by atoms with van der Waals surface area (Å²) >= 11 is 3.07. The van der Waals surface area contributed by atoms with Crippen LogP contribution in [0, 0.1) is 10.1 Å². The Morgan fingerprint density at radius 2 is 2.06 bits per heavy atom. The highest BCUT2D eigenvalue weighted by molar-refractivity contribution is 9.09. The first-order valence-electron chi connectivity index (χ1n) is 4.39. The molecule has 1 atom stereocenters. The lowest BCUT2D eigenvalue weighted by atomic mass is 10.1.